The Morgan fingerprint density at radius 3 is 2.43 bits per heavy atom. The summed E-state index contributed by atoms with van der Waals surface area (Å²) in [5, 5.41) is 3.19. The number of anilines is 1. The van der Waals surface area contributed by atoms with Crippen molar-refractivity contribution in [2.45, 2.75) is 77.7 Å². The normalized spacial score (nSPS) is 20.7. The van der Waals surface area contributed by atoms with Gasteiger partial charge < -0.3 is 24.8 Å². The number of nitrogens with one attached hydrogen (secondary N) is 1. The van der Waals surface area contributed by atoms with Crippen LogP contribution >= 0.6 is 0 Å². The highest BCUT2D eigenvalue weighted by molar-refractivity contribution is 5.92. The molecular weight excluding hydrogens is 464 g/mol. The molecule has 1 aromatic carbocycles. The predicted octanol–water partition coefficient (Wildman–Crippen LogP) is 5.01. The highest BCUT2D eigenvalue weighted by Crippen LogP contribution is 2.26. The standard InChI is InChI=1S/C30H48N4O3/c1-3-14-34(23-25-12-15-32(16-13-25)30(36)33-17-19-37-20-18-33)24(2)21-26-8-7-11-28(22-26)31-29(35)27-9-5-4-6-10-27/h7-8,11,22,24-25,27H,3-6,9-10,12-21,23H2,1-2H3,(H,31,35)/t24-/m1/s1. The summed E-state index contributed by atoms with van der Waals surface area (Å²) in [5.74, 6) is 0.992. The van der Waals surface area contributed by atoms with Crippen molar-refractivity contribution < 1.29 is 14.3 Å². The molecule has 2 heterocycles. The molecule has 2 aliphatic heterocycles. The van der Waals surface area contributed by atoms with Gasteiger partial charge in [0.05, 0.1) is 13.2 Å². The van der Waals surface area contributed by atoms with Crippen LogP contribution in [0.4, 0.5) is 10.5 Å². The molecule has 2 saturated heterocycles. The second-order valence-electron chi connectivity index (χ2n) is 11.4. The number of rotatable bonds is 9. The van der Waals surface area contributed by atoms with Crippen LogP contribution in [0.5, 0.6) is 0 Å². The van der Waals surface area contributed by atoms with E-state index in [0.29, 0.717) is 38.3 Å². The lowest BCUT2D eigenvalue weighted by molar-refractivity contribution is -0.120. The first-order chi connectivity index (χ1) is 18.0. The molecule has 1 aliphatic carbocycles. The number of piperidine rings is 1. The van der Waals surface area contributed by atoms with Crippen LogP contribution in [-0.4, -0.2) is 85.2 Å². The fraction of sp³-hybridized carbons (Fsp3) is 0.733. The minimum absolute atomic E-state index is 0.173. The number of carbonyl (C=O) groups is 2. The maximum atomic E-state index is 12.8. The van der Waals surface area contributed by atoms with Gasteiger partial charge in [0.25, 0.3) is 0 Å². The lowest BCUT2D eigenvalue weighted by atomic mass is 9.88. The molecule has 0 aromatic heterocycles. The average molecular weight is 513 g/mol. The topological polar surface area (TPSA) is 65.1 Å². The predicted molar refractivity (Wildman–Crippen MR) is 149 cm³/mol. The van der Waals surface area contributed by atoms with Crippen LogP contribution in [0, 0.1) is 11.8 Å². The molecule has 4 rings (SSSR count). The van der Waals surface area contributed by atoms with Gasteiger partial charge in [-0.3, -0.25) is 4.79 Å². The fourth-order valence-electron chi connectivity index (χ4n) is 6.23. The number of benzene rings is 1. The molecule has 0 bridgehead atoms. The van der Waals surface area contributed by atoms with Crippen molar-refractivity contribution in [3.63, 3.8) is 0 Å². The van der Waals surface area contributed by atoms with Crippen molar-refractivity contribution in [2.24, 2.45) is 11.8 Å². The monoisotopic (exact) mass is 512 g/mol. The summed E-state index contributed by atoms with van der Waals surface area (Å²) < 4.78 is 5.40. The summed E-state index contributed by atoms with van der Waals surface area (Å²) in [4.78, 5) is 32.2. The summed E-state index contributed by atoms with van der Waals surface area (Å²) >= 11 is 0. The quantitative estimate of drug-likeness (QED) is 0.505. The van der Waals surface area contributed by atoms with E-state index in [1.165, 1.54) is 24.8 Å². The van der Waals surface area contributed by atoms with Crippen molar-refractivity contribution in [2.75, 3.05) is 57.8 Å². The number of carbonyl (C=O) groups excluding carboxylic acids is 2. The van der Waals surface area contributed by atoms with Crippen LogP contribution in [0.3, 0.4) is 0 Å². The molecule has 37 heavy (non-hydrogen) atoms. The molecule has 7 heteroatoms. The molecule has 3 amide bonds. The Bertz CT molecular complexity index is 858. The highest BCUT2D eigenvalue weighted by atomic mass is 16.5. The summed E-state index contributed by atoms with van der Waals surface area (Å²) in [5.41, 5.74) is 2.21. The molecule has 0 spiro atoms. The smallest absolute Gasteiger partial charge is 0.320 e. The zero-order chi connectivity index (χ0) is 26.0. The first-order valence-corrected chi connectivity index (χ1v) is 14.8. The third-order valence-electron chi connectivity index (χ3n) is 8.50. The van der Waals surface area contributed by atoms with Crippen LogP contribution in [0.15, 0.2) is 24.3 Å². The van der Waals surface area contributed by atoms with Gasteiger partial charge in [0.1, 0.15) is 0 Å². The van der Waals surface area contributed by atoms with Crippen molar-refractivity contribution in [1.29, 1.82) is 0 Å². The zero-order valence-electron chi connectivity index (χ0n) is 23.1. The van der Waals surface area contributed by atoms with Gasteiger partial charge in [0.2, 0.25) is 5.91 Å². The number of urea groups is 1. The van der Waals surface area contributed by atoms with E-state index in [1.807, 2.05) is 15.9 Å². The molecule has 7 nitrogen and oxygen atoms in total. The molecule has 206 valence electrons. The number of hydrogen-bond donors (Lipinski definition) is 1. The van der Waals surface area contributed by atoms with Crippen molar-refractivity contribution in [1.82, 2.24) is 14.7 Å². The Morgan fingerprint density at radius 2 is 1.73 bits per heavy atom. The van der Waals surface area contributed by atoms with Crippen LogP contribution in [0.25, 0.3) is 0 Å². The van der Waals surface area contributed by atoms with Gasteiger partial charge in [-0.1, -0.05) is 38.3 Å². The van der Waals surface area contributed by atoms with Gasteiger partial charge in [0.15, 0.2) is 0 Å². The van der Waals surface area contributed by atoms with E-state index >= 15 is 0 Å². The molecule has 3 fully saturated rings. The maximum absolute atomic E-state index is 12.8. The molecule has 1 N–H and O–H groups in total. The minimum Gasteiger partial charge on any atom is -0.378 e. The van der Waals surface area contributed by atoms with Gasteiger partial charge >= 0.3 is 6.03 Å². The number of likely N-dealkylation sites (tertiary alicyclic amines) is 1. The first kappa shape index (κ1) is 27.9. The molecular formula is C30H48N4O3. The fourth-order valence-corrected chi connectivity index (χ4v) is 6.23. The number of ether oxygens (including phenoxy) is 1. The minimum atomic E-state index is 0.173. The zero-order valence-corrected chi connectivity index (χ0v) is 23.1. The van der Waals surface area contributed by atoms with Crippen LogP contribution in [-0.2, 0) is 16.0 Å². The van der Waals surface area contributed by atoms with Gasteiger partial charge in [0, 0.05) is 50.4 Å². The molecule has 3 aliphatic rings. The van der Waals surface area contributed by atoms with Gasteiger partial charge in [-0.15, -0.1) is 0 Å². The van der Waals surface area contributed by atoms with Gasteiger partial charge in [-0.25, -0.2) is 4.79 Å². The summed E-state index contributed by atoms with van der Waals surface area (Å²) in [6, 6.07) is 9.06. The molecule has 0 unspecified atom stereocenters. The largest absolute Gasteiger partial charge is 0.378 e. The van der Waals surface area contributed by atoms with Crippen LogP contribution in [0.2, 0.25) is 0 Å². The Hall–Kier alpha value is -2.12. The Labute approximate surface area is 223 Å². The van der Waals surface area contributed by atoms with Crippen molar-refractivity contribution in [3.8, 4) is 0 Å². The third-order valence-corrected chi connectivity index (χ3v) is 8.50. The molecule has 1 aromatic rings. The first-order valence-electron chi connectivity index (χ1n) is 14.8. The summed E-state index contributed by atoms with van der Waals surface area (Å²) in [7, 11) is 0. The average Bonchev–Trinajstić information content (AvgIpc) is 2.94. The molecule has 1 saturated carbocycles. The van der Waals surface area contributed by atoms with E-state index in [4.69, 9.17) is 4.74 Å². The van der Waals surface area contributed by atoms with E-state index in [9.17, 15) is 9.59 Å². The third kappa shape index (κ3) is 8.18. The maximum Gasteiger partial charge on any atom is 0.320 e. The molecule has 1 atom stereocenters. The summed E-state index contributed by atoms with van der Waals surface area (Å²) in [6.07, 6.45) is 9.91. The second kappa shape index (κ2) is 14.1. The number of amides is 3. The van der Waals surface area contributed by atoms with E-state index in [1.54, 1.807) is 0 Å². The van der Waals surface area contributed by atoms with E-state index in [0.717, 1.165) is 70.4 Å². The number of morpholine rings is 1. The lowest BCUT2D eigenvalue weighted by Crippen LogP contribution is -2.51. The van der Waals surface area contributed by atoms with Crippen molar-refractivity contribution >= 4 is 17.6 Å². The Balaban J connectivity index is 1.26. The van der Waals surface area contributed by atoms with Crippen LogP contribution < -0.4 is 5.32 Å². The highest BCUT2D eigenvalue weighted by Gasteiger charge is 2.29. The Morgan fingerprint density at radius 1 is 1.03 bits per heavy atom. The number of hydrogen-bond acceptors (Lipinski definition) is 4. The summed E-state index contributed by atoms with van der Waals surface area (Å²) in [6.45, 7) is 11.2. The van der Waals surface area contributed by atoms with Crippen molar-refractivity contribution in [3.05, 3.63) is 29.8 Å². The second-order valence-corrected chi connectivity index (χ2v) is 11.4. The number of nitrogens with zero attached hydrogens (tertiary/aromatic N) is 3. The Kier molecular flexibility index (Phi) is 10.7. The van der Waals surface area contributed by atoms with Gasteiger partial charge in [-0.2, -0.15) is 0 Å². The lowest BCUT2D eigenvalue weighted by Gasteiger charge is -2.39. The van der Waals surface area contributed by atoms with E-state index in [2.05, 4.69) is 42.3 Å². The van der Waals surface area contributed by atoms with Crippen LogP contribution in [0.1, 0.15) is 70.8 Å². The molecule has 0 radical (unpaired) electrons. The van der Waals surface area contributed by atoms with E-state index in [-0.39, 0.29) is 17.9 Å². The van der Waals surface area contributed by atoms with E-state index < -0.39 is 0 Å². The van der Waals surface area contributed by atoms with Gasteiger partial charge in [-0.05, 0) is 75.6 Å². The SMILES string of the molecule is CCCN(CC1CCN(C(=O)N2CCOCC2)CC1)[C@H](C)Cc1cccc(NC(=O)C2CCCCC2)c1.